The molecule has 1 unspecified atom stereocenters. The summed E-state index contributed by atoms with van der Waals surface area (Å²) in [6.07, 6.45) is 1.01. The van der Waals surface area contributed by atoms with Crippen molar-refractivity contribution >= 4 is 5.91 Å². The van der Waals surface area contributed by atoms with Crippen LogP contribution in [0.3, 0.4) is 0 Å². The smallest absolute Gasteiger partial charge is 0.248 e. The number of benzene rings is 1. The Kier molecular flexibility index (Phi) is 3.43. The first kappa shape index (κ1) is 15.1. The predicted molar refractivity (Wildman–Crippen MR) is 94.9 cm³/mol. The van der Waals surface area contributed by atoms with Crippen LogP contribution < -0.4 is 11.1 Å². The number of piperidine rings is 1. The van der Waals surface area contributed by atoms with Crippen LogP contribution in [0.4, 0.5) is 0 Å². The lowest BCUT2D eigenvalue weighted by molar-refractivity contribution is 0.100. The van der Waals surface area contributed by atoms with Crippen molar-refractivity contribution < 1.29 is 4.79 Å². The first-order valence-electron chi connectivity index (χ1n) is 9.10. The van der Waals surface area contributed by atoms with Crippen molar-refractivity contribution in [2.24, 2.45) is 23.5 Å². The molecule has 1 amide bonds. The quantitative estimate of drug-likeness (QED) is 0.777. The van der Waals surface area contributed by atoms with Crippen LogP contribution in [-0.2, 0) is 13.0 Å². The summed E-state index contributed by atoms with van der Waals surface area (Å²) in [6.45, 7) is 5.71. The van der Waals surface area contributed by atoms with Gasteiger partial charge in [0.05, 0.1) is 11.4 Å². The molecule has 1 saturated heterocycles. The SMILES string of the molecule is NC(=O)c1ccc(-c2nc3c([nH]2)CN(CC2[C@H]4CNC[C@@H]24)CC3)cc1. The molecule has 0 spiro atoms. The van der Waals surface area contributed by atoms with Gasteiger partial charge in [0.2, 0.25) is 5.91 Å². The molecule has 6 heteroatoms. The second-order valence-electron chi connectivity index (χ2n) is 7.59. The Morgan fingerprint density at radius 1 is 1.24 bits per heavy atom. The Hall–Kier alpha value is -2.18. The fraction of sp³-hybridized carbons (Fsp3) is 0.474. The van der Waals surface area contributed by atoms with Gasteiger partial charge in [-0.3, -0.25) is 9.69 Å². The third kappa shape index (κ3) is 2.65. The fourth-order valence-corrected chi connectivity index (χ4v) is 4.55. The highest BCUT2D eigenvalue weighted by molar-refractivity contribution is 5.93. The minimum Gasteiger partial charge on any atom is -0.366 e. The number of rotatable bonds is 4. The Bertz CT molecular complexity index is 802. The van der Waals surface area contributed by atoms with E-state index in [2.05, 4.69) is 15.2 Å². The third-order valence-corrected chi connectivity index (χ3v) is 6.09. The average Bonchev–Trinajstić information content (AvgIpc) is 3.00. The number of fused-ring (bicyclic) bond motifs is 2. The van der Waals surface area contributed by atoms with E-state index < -0.39 is 5.91 Å². The van der Waals surface area contributed by atoms with Gasteiger partial charge in [0.15, 0.2) is 0 Å². The summed E-state index contributed by atoms with van der Waals surface area (Å²) >= 11 is 0. The van der Waals surface area contributed by atoms with Gasteiger partial charge in [0.25, 0.3) is 0 Å². The molecule has 5 rings (SSSR count). The molecule has 130 valence electrons. The van der Waals surface area contributed by atoms with Gasteiger partial charge in [-0.1, -0.05) is 12.1 Å². The molecule has 25 heavy (non-hydrogen) atoms. The number of hydrogen-bond donors (Lipinski definition) is 3. The van der Waals surface area contributed by atoms with Crippen molar-refractivity contribution in [1.82, 2.24) is 20.2 Å². The van der Waals surface area contributed by atoms with Gasteiger partial charge in [-0.15, -0.1) is 0 Å². The monoisotopic (exact) mass is 337 g/mol. The molecule has 2 fully saturated rings. The first-order valence-corrected chi connectivity index (χ1v) is 9.10. The number of nitrogens with one attached hydrogen (secondary N) is 2. The first-order chi connectivity index (χ1) is 12.2. The highest BCUT2D eigenvalue weighted by atomic mass is 16.1. The van der Waals surface area contributed by atoms with E-state index in [0.29, 0.717) is 5.56 Å². The molecule has 1 aromatic carbocycles. The predicted octanol–water partition coefficient (Wildman–Crippen LogP) is 0.999. The maximum absolute atomic E-state index is 11.2. The number of nitrogens with two attached hydrogens (primary N) is 1. The Morgan fingerprint density at radius 2 is 2.00 bits per heavy atom. The number of H-pyrrole nitrogens is 1. The molecule has 2 aromatic rings. The van der Waals surface area contributed by atoms with Crippen LogP contribution in [0.25, 0.3) is 11.4 Å². The zero-order chi connectivity index (χ0) is 17.0. The van der Waals surface area contributed by atoms with Gasteiger partial charge in [0, 0.05) is 37.2 Å². The summed E-state index contributed by atoms with van der Waals surface area (Å²) in [5.41, 5.74) is 9.25. The Balaban J connectivity index is 1.29. The number of hydrogen-bond acceptors (Lipinski definition) is 4. The summed E-state index contributed by atoms with van der Waals surface area (Å²) in [5, 5.41) is 3.47. The lowest BCUT2D eigenvalue weighted by Crippen LogP contribution is -2.34. The third-order valence-electron chi connectivity index (χ3n) is 6.09. The molecule has 1 aromatic heterocycles. The molecule has 1 aliphatic carbocycles. The van der Waals surface area contributed by atoms with Gasteiger partial charge in [-0.2, -0.15) is 0 Å². The molecule has 0 bridgehead atoms. The summed E-state index contributed by atoms with van der Waals surface area (Å²) in [7, 11) is 0. The van der Waals surface area contributed by atoms with Crippen molar-refractivity contribution in [2.45, 2.75) is 13.0 Å². The van der Waals surface area contributed by atoms with Crippen molar-refractivity contribution in [1.29, 1.82) is 0 Å². The molecule has 3 heterocycles. The number of amides is 1. The zero-order valence-electron chi connectivity index (χ0n) is 14.2. The van der Waals surface area contributed by atoms with E-state index >= 15 is 0 Å². The van der Waals surface area contributed by atoms with Crippen molar-refractivity contribution in [3.05, 3.63) is 41.2 Å². The summed E-state index contributed by atoms with van der Waals surface area (Å²) in [4.78, 5) is 22.0. The van der Waals surface area contributed by atoms with Crippen LogP contribution in [0.1, 0.15) is 21.7 Å². The van der Waals surface area contributed by atoms with Crippen LogP contribution >= 0.6 is 0 Å². The number of aromatic amines is 1. The van der Waals surface area contributed by atoms with Crippen molar-refractivity contribution in [3.63, 3.8) is 0 Å². The minimum atomic E-state index is -0.402. The molecule has 3 aliphatic rings. The molecule has 2 aliphatic heterocycles. The van der Waals surface area contributed by atoms with E-state index in [1.807, 2.05) is 12.1 Å². The number of carbonyl (C=O) groups excluding carboxylic acids is 1. The van der Waals surface area contributed by atoms with Crippen LogP contribution in [-0.4, -0.2) is 47.0 Å². The summed E-state index contributed by atoms with van der Waals surface area (Å²) in [6, 6.07) is 7.32. The van der Waals surface area contributed by atoms with Gasteiger partial charge >= 0.3 is 0 Å². The fourth-order valence-electron chi connectivity index (χ4n) is 4.55. The van der Waals surface area contributed by atoms with E-state index in [4.69, 9.17) is 10.7 Å². The maximum atomic E-state index is 11.2. The Labute approximate surface area is 146 Å². The van der Waals surface area contributed by atoms with E-state index in [-0.39, 0.29) is 0 Å². The van der Waals surface area contributed by atoms with Crippen molar-refractivity contribution in [2.75, 3.05) is 26.2 Å². The summed E-state index contributed by atoms with van der Waals surface area (Å²) in [5.74, 6) is 3.22. The number of nitrogens with zero attached hydrogens (tertiary/aromatic N) is 2. The molecular formula is C19H23N5O. The van der Waals surface area contributed by atoms with E-state index in [1.165, 1.54) is 31.0 Å². The van der Waals surface area contributed by atoms with Crippen LogP contribution in [0.2, 0.25) is 0 Å². The number of imidazole rings is 1. The van der Waals surface area contributed by atoms with Crippen LogP contribution in [0.5, 0.6) is 0 Å². The zero-order valence-corrected chi connectivity index (χ0v) is 14.2. The molecule has 3 atom stereocenters. The molecule has 0 radical (unpaired) electrons. The minimum absolute atomic E-state index is 0.402. The second kappa shape index (κ2) is 5.68. The molecule has 1 saturated carbocycles. The second-order valence-corrected chi connectivity index (χ2v) is 7.59. The van der Waals surface area contributed by atoms with Crippen LogP contribution in [0.15, 0.2) is 24.3 Å². The van der Waals surface area contributed by atoms with E-state index in [1.54, 1.807) is 12.1 Å². The highest BCUT2D eigenvalue weighted by Gasteiger charge is 2.52. The summed E-state index contributed by atoms with van der Waals surface area (Å²) < 4.78 is 0. The van der Waals surface area contributed by atoms with Gasteiger partial charge in [-0.05, 0) is 43.0 Å². The van der Waals surface area contributed by atoms with Gasteiger partial charge in [0.1, 0.15) is 5.82 Å². The molecule has 4 N–H and O–H groups in total. The highest BCUT2D eigenvalue weighted by Crippen LogP contribution is 2.49. The van der Waals surface area contributed by atoms with E-state index in [9.17, 15) is 4.79 Å². The van der Waals surface area contributed by atoms with Crippen molar-refractivity contribution in [3.8, 4) is 11.4 Å². The molecule has 6 nitrogen and oxygen atoms in total. The van der Waals surface area contributed by atoms with Crippen LogP contribution in [0, 0.1) is 17.8 Å². The maximum Gasteiger partial charge on any atom is 0.248 e. The number of carbonyl (C=O) groups is 1. The average molecular weight is 337 g/mol. The van der Waals surface area contributed by atoms with E-state index in [0.717, 1.165) is 48.7 Å². The standard InChI is InChI=1S/C19H23N5O/c20-18(25)11-1-3-12(4-2-11)19-22-16-5-6-24(10-17(16)23-19)9-15-13-7-21-8-14(13)15/h1-4,13-15,21H,5-10H2,(H2,20,25)(H,22,23)/t13-,14+,15?. The lowest BCUT2D eigenvalue weighted by Gasteiger charge is -2.26. The largest absolute Gasteiger partial charge is 0.366 e. The van der Waals surface area contributed by atoms with Gasteiger partial charge in [-0.25, -0.2) is 4.98 Å². The lowest BCUT2D eigenvalue weighted by atomic mass is 10.1. The topological polar surface area (TPSA) is 87.0 Å². The number of primary amides is 1. The Morgan fingerprint density at radius 3 is 2.72 bits per heavy atom. The number of aromatic nitrogens is 2. The normalized spacial score (nSPS) is 27.8. The molecular weight excluding hydrogens is 314 g/mol. The van der Waals surface area contributed by atoms with Gasteiger partial charge < -0.3 is 16.0 Å².